The van der Waals surface area contributed by atoms with E-state index in [0.717, 1.165) is 5.56 Å². The Bertz CT molecular complexity index is 1170. The Hall–Kier alpha value is -4.21. The summed E-state index contributed by atoms with van der Waals surface area (Å²) in [5, 5.41) is 23.0. The normalized spacial score (nSPS) is 12.5. The molecule has 0 N–H and O–H groups in total. The number of nitrogens with zero attached hydrogens (tertiary/aromatic N) is 8. The molecule has 0 fully saturated rings. The predicted octanol–water partition coefficient (Wildman–Crippen LogP) is 1.87. The van der Waals surface area contributed by atoms with Crippen LogP contribution in [-0.4, -0.2) is 46.2 Å². The molecule has 10 nitrogen and oxygen atoms in total. The van der Waals surface area contributed by atoms with Gasteiger partial charge in [0, 0.05) is 31.3 Å². The summed E-state index contributed by atoms with van der Waals surface area (Å²) in [5.41, 5.74) is 1.24. The van der Waals surface area contributed by atoms with Crippen LogP contribution in [0.1, 0.15) is 33.7 Å². The number of carbonyl (C=O) groups is 1. The monoisotopic (exact) mass is 402 g/mol. The molecule has 30 heavy (non-hydrogen) atoms. The summed E-state index contributed by atoms with van der Waals surface area (Å²) >= 11 is 0. The first-order valence-corrected chi connectivity index (χ1v) is 9.11. The number of aryl methyl sites for hydroxylation is 2. The molecule has 10 heteroatoms. The van der Waals surface area contributed by atoms with Gasteiger partial charge in [0.15, 0.2) is 11.6 Å². The summed E-state index contributed by atoms with van der Waals surface area (Å²) in [5.74, 6) is 0.884. The van der Waals surface area contributed by atoms with Crippen molar-refractivity contribution >= 4 is 17.6 Å². The van der Waals surface area contributed by atoms with Crippen molar-refractivity contribution in [3.63, 3.8) is 0 Å². The quantitative estimate of drug-likeness (QED) is 0.340. The average Bonchev–Trinajstić information content (AvgIpc) is 3.39. The zero-order chi connectivity index (χ0) is 20.9. The molecular formula is C20H18N8O2. The van der Waals surface area contributed by atoms with Crippen molar-refractivity contribution in [2.75, 3.05) is 0 Å². The van der Waals surface area contributed by atoms with Crippen LogP contribution in [-0.2, 0) is 18.8 Å². The lowest BCUT2D eigenvalue weighted by atomic mass is 10.1. The SMILES string of the molecule is Cn1nnnc1/C=C(/OC(C(=O)c1ccccc1)c1nnnn1C)c1ccccc1. The molecule has 0 aliphatic rings. The maximum absolute atomic E-state index is 13.3. The van der Waals surface area contributed by atoms with Crippen molar-refractivity contribution in [1.29, 1.82) is 0 Å². The molecule has 0 radical (unpaired) electrons. The second-order valence-electron chi connectivity index (χ2n) is 6.42. The van der Waals surface area contributed by atoms with Gasteiger partial charge >= 0.3 is 0 Å². The highest BCUT2D eigenvalue weighted by atomic mass is 16.5. The zero-order valence-corrected chi connectivity index (χ0v) is 16.3. The lowest BCUT2D eigenvalue weighted by Gasteiger charge is -2.19. The summed E-state index contributed by atoms with van der Waals surface area (Å²) in [4.78, 5) is 13.3. The minimum Gasteiger partial charge on any atom is -0.473 e. The van der Waals surface area contributed by atoms with Gasteiger partial charge in [-0.3, -0.25) is 4.79 Å². The summed E-state index contributed by atoms with van der Waals surface area (Å²) in [6, 6.07) is 18.2. The molecule has 0 saturated carbocycles. The number of aromatic nitrogens is 8. The highest BCUT2D eigenvalue weighted by molar-refractivity contribution is 6.00. The van der Waals surface area contributed by atoms with Crippen molar-refractivity contribution in [3.05, 3.63) is 83.4 Å². The van der Waals surface area contributed by atoms with Crippen LogP contribution >= 0.6 is 0 Å². The van der Waals surface area contributed by atoms with Gasteiger partial charge in [-0.05, 0) is 20.9 Å². The molecule has 0 spiro atoms. The number of hydrogen-bond acceptors (Lipinski definition) is 8. The van der Waals surface area contributed by atoms with Crippen LogP contribution in [0.15, 0.2) is 60.7 Å². The molecule has 2 aromatic heterocycles. The van der Waals surface area contributed by atoms with Crippen molar-refractivity contribution in [2.24, 2.45) is 14.1 Å². The van der Waals surface area contributed by atoms with E-state index in [1.165, 1.54) is 9.36 Å². The van der Waals surface area contributed by atoms with Gasteiger partial charge in [0.1, 0.15) is 5.76 Å². The molecule has 0 saturated heterocycles. The van der Waals surface area contributed by atoms with Crippen LogP contribution < -0.4 is 0 Å². The van der Waals surface area contributed by atoms with Crippen LogP contribution in [0.25, 0.3) is 11.8 Å². The number of hydrogen-bond donors (Lipinski definition) is 0. The molecular weight excluding hydrogens is 384 g/mol. The zero-order valence-electron chi connectivity index (χ0n) is 16.3. The number of ketones is 1. The first-order valence-electron chi connectivity index (χ1n) is 9.11. The highest BCUT2D eigenvalue weighted by Crippen LogP contribution is 2.29. The van der Waals surface area contributed by atoms with E-state index in [-0.39, 0.29) is 11.6 Å². The molecule has 2 heterocycles. The van der Waals surface area contributed by atoms with Crippen molar-refractivity contribution < 1.29 is 9.53 Å². The topological polar surface area (TPSA) is 114 Å². The van der Waals surface area contributed by atoms with Gasteiger partial charge in [0.05, 0.1) is 0 Å². The number of benzene rings is 2. The van der Waals surface area contributed by atoms with Crippen LogP contribution in [0.4, 0.5) is 0 Å². The van der Waals surface area contributed by atoms with Gasteiger partial charge in [-0.25, -0.2) is 9.36 Å². The fraction of sp³-hybridized carbons (Fsp3) is 0.150. The highest BCUT2D eigenvalue weighted by Gasteiger charge is 2.30. The molecule has 0 aliphatic carbocycles. The van der Waals surface area contributed by atoms with Crippen molar-refractivity contribution in [3.8, 4) is 0 Å². The van der Waals surface area contributed by atoms with E-state index in [4.69, 9.17) is 4.74 Å². The second-order valence-corrected chi connectivity index (χ2v) is 6.42. The number of ether oxygens (including phenoxy) is 1. The molecule has 1 unspecified atom stereocenters. The van der Waals surface area contributed by atoms with Gasteiger partial charge in [-0.2, -0.15) is 0 Å². The van der Waals surface area contributed by atoms with E-state index < -0.39 is 6.10 Å². The Morgan fingerprint density at radius 3 is 2.03 bits per heavy atom. The van der Waals surface area contributed by atoms with E-state index in [1.54, 1.807) is 44.4 Å². The fourth-order valence-corrected chi connectivity index (χ4v) is 2.83. The van der Waals surface area contributed by atoms with Gasteiger partial charge in [-0.1, -0.05) is 60.7 Å². The first-order chi connectivity index (χ1) is 14.6. The third-order valence-electron chi connectivity index (χ3n) is 4.40. The van der Waals surface area contributed by atoms with Crippen LogP contribution in [0.2, 0.25) is 0 Å². The number of carbonyl (C=O) groups excluding carboxylic acids is 1. The molecule has 1 atom stereocenters. The smallest absolute Gasteiger partial charge is 0.222 e. The number of tetrazole rings is 2. The maximum Gasteiger partial charge on any atom is 0.222 e. The van der Waals surface area contributed by atoms with Gasteiger partial charge in [0.25, 0.3) is 0 Å². The van der Waals surface area contributed by atoms with Crippen LogP contribution in [0, 0.1) is 0 Å². The summed E-state index contributed by atoms with van der Waals surface area (Å²) in [6.45, 7) is 0. The third kappa shape index (κ3) is 3.97. The summed E-state index contributed by atoms with van der Waals surface area (Å²) in [6.07, 6.45) is 0.602. The standard InChI is InChI=1S/C20H18N8O2/c1-27-17(21-23-25-27)13-16(14-9-5-3-6-10-14)30-19(20-22-24-26-28(20)2)18(29)15-11-7-4-8-12-15/h3-13,19H,1-2H3/b16-13+. The van der Waals surface area contributed by atoms with Gasteiger partial charge < -0.3 is 4.74 Å². The second kappa shape index (κ2) is 8.43. The lowest BCUT2D eigenvalue weighted by molar-refractivity contribution is 0.0720. The van der Waals surface area contributed by atoms with E-state index >= 15 is 0 Å². The predicted molar refractivity (Wildman–Crippen MR) is 107 cm³/mol. The molecule has 2 aromatic carbocycles. The minimum absolute atomic E-state index is 0.272. The Kier molecular flexibility index (Phi) is 5.37. The molecule has 0 bridgehead atoms. The summed E-state index contributed by atoms with van der Waals surface area (Å²) in [7, 11) is 3.37. The van der Waals surface area contributed by atoms with E-state index in [9.17, 15) is 4.79 Å². The Morgan fingerprint density at radius 1 is 0.867 bits per heavy atom. The first kappa shape index (κ1) is 19.1. The molecule has 0 aliphatic heterocycles. The van der Waals surface area contributed by atoms with Gasteiger partial charge in [-0.15, -0.1) is 10.2 Å². The molecule has 4 aromatic rings. The van der Waals surface area contributed by atoms with Crippen LogP contribution in [0.3, 0.4) is 0 Å². The Morgan fingerprint density at radius 2 is 1.47 bits per heavy atom. The maximum atomic E-state index is 13.3. The molecule has 150 valence electrons. The van der Waals surface area contributed by atoms with Crippen molar-refractivity contribution in [1.82, 2.24) is 40.4 Å². The number of rotatable bonds is 7. The Balaban J connectivity index is 1.79. The average molecular weight is 402 g/mol. The molecule has 0 amide bonds. The van der Waals surface area contributed by atoms with Gasteiger partial charge in [0.2, 0.25) is 11.9 Å². The minimum atomic E-state index is -1.07. The largest absolute Gasteiger partial charge is 0.473 e. The van der Waals surface area contributed by atoms with Crippen molar-refractivity contribution in [2.45, 2.75) is 6.10 Å². The Labute approximate surface area is 171 Å². The van der Waals surface area contributed by atoms with E-state index in [2.05, 4.69) is 31.1 Å². The lowest BCUT2D eigenvalue weighted by Crippen LogP contribution is -2.20. The van der Waals surface area contributed by atoms with E-state index in [0.29, 0.717) is 17.1 Å². The summed E-state index contributed by atoms with van der Waals surface area (Å²) < 4.78 is 9.16. The van der Waals surface area contributed by atoms with E-state index in [1.807, 2.05) is 36.4 Å². The van der Waals surface area contributed by atoms with Crippen LogP contribution in [0.5, 0.6) is 0 Å². The molecule has 4 rings (SSSR count). The number of Topliss-reactive ketones (excluding diaryl/α,β-unsaturated/α-hetero) is 1. The third-order valence-corrected chi connectivity index (χ3v) is 4.40. The fourth-order valence-electron chi connectivity index (χ4n) is 2.83.